The minimum Gasteiger partial charge on any atom is -0.508 e. The highest BCUT2D eigenvalue weighted by molar-refractivity contribution is 5.51. The fourth-order valence-corrected chi connectivity index (χ4v) is 0.914. The lowest BCUT2D eigenvalue weighted by atomic mass is 10.1. The monoisotopic (exact) mass is 169 g/mol. The molecule has 0 aliphatic rings. The summed E-state index contributed by atoms with van der Waals surface area (Å²) < 4.78 is 4.65. The fourth-order valence-electron chi connectivity index (χ4n) is 0.914. The van der Waals surface area contributed by atoms with Crippen LogP contribution in [0.25, 0.3) is 0 Å². The Labute approximate surface area is 70.2 Å². The first-order chi connectivity index (χ1) is 5.65. The molecule has 0 amide bonds. The van der Waals surface area contributed by atoms with Crippen LogP contribution in [0.5, 0.6) is 5.75 Å². The number of methoxy groups -OCH3 is 1. The summed E-state index contributed by atoms with van der Waals surface area (Å²) in [6, 6.07) is 4.31. The lowest BCUT2D eigenvalue weighted by Crippen LogP contribution is -2.03. The maximum absolute atomic E-state index is 9.22. The molecule has 0 fully saturated rings. The molecule has 1 aromatic carbocycles. The molecule has 0 aromatic heterocycles. The summed E-state index contributed by atoms with van der Waals surface area (Å²) in [4.78, 5) is 0. The van der Waals surface area contributed by atoms with E-state index in [0.717, 1.165) is 0 Å². The number of aliphatic hydroxyl groups excluding tert-OH is 1. The van der Waals surface area contributed by atoms with Gasteiger partial charge in [0.05, 0.1) is 0 Å². The van der Waals surface area contributed by atoms with E-state index in [4.69, 9.17) is 10.8 Å². The first-order valence-corrected chi connectivity index (χ1v) is 3.44. The average Bonchev–Trinajstić information content (AvgIpc) is 2.03. The lowest BCUT2D eigenvalue weighted by Gasteiger charge is -2.11. The van der Waals surface area contributed by atoms with Crippen LogP contribution in [0.15, 0.2) is 18.2 Å². The van der Waals surface area contributed by atoms with Gasteiger partial charge in [-0.2, -0.15) is 0 Å². The van der Waals surface area contributed by atoms with Crippen molar-refractivity contribution in [3.05, 3.63) is 23.8 Å². The number of phenolic OH excluding ortho intramolecular Hbond substituents is 1. The largest absolute Gasteiger partial charge is 0.508 e. The van der Waals surface area contributed by atoms with Gasteiger partial charge < -0.3 is 20.7 Å². The van der Waals surface area contributed by atoms with Gasteiger partial charge in [0.25, 0.3) is 0 Å². The van der Waals surface area contributed by atoms with Crippen molar-refractivity contribution in [2.24, 2.45) is 0 Å². The number of aromatic hydroxyl groups is 1. The van der Waals surface area contributed by atoms with Gasteiger partial charge in [0.2, 0.25) is 0 Å². The Morgan fingerprint density at radius 1 is 1.50 bits per heavy atom. The molecule has 0 heterocycles. The number of rotatable bonds is 2. The third-order valence-electron chi connectivity index (χ3n) is 1.56. The van der Waals surface area contributed by atoms with Gasteiger partial charge in [-0.3, -0.25) is 0 Å². The Morgan fingerprint density at radius 2 is 2.17 bits per heavy atom. The Kier molecular flexibility index (Phi) is 2.52. The molecule has 0 aliphatic heterocycles. The average molecular weight is 169 g/mol. The van der Waals surface area contributed by atoms with E-state index >= 15 is 0 Å². The van der Waals surface area contributed by atoms with Crippen LogP contribution in [-0.2, 0) is 4.74 Å². The molecule has 0 saturated carbocycles. The van der Waals surface area contributed by atoms with Gasteiger partial charge in [0.15, 0.2) is 6.29 Å². The van der Waals surface area contributed by atoms with E-state index in [1.165, 1.54) is 25.3 Å². The molecule has 1 unspecified atom stereocenters. The third kappa shape index (κ3) is 1.66. The number of nitrogens with two attached hydrogens (primary N) is 1. The van der Waals surface area contributed by atoms with Crippen LogP contribution in [-0.4, -0.2) is 17.3 Å². The first kappa shape index (κ1) is 8.83. The molecule has 1 atom stereocenters. The minimum atomic E-state index is -1.04. The number of hydrogen-bond acceptors (Lipinski definition) is 4. The zero-order chi connectivity index (χ0) is 9.14. The molecule has 0 bridgehead atoms. The summed E-state index contributed by atoms with van der Waals surface area (Å²) >= 11 is 0. The number of ether oxygens (including phenoxy) is 1. The molecule has 4 heteroatoms. The van der Waals surface area contributed by atoms with Crippen LogP contribution >= 0.6 is 0 Å². The zero-order valence-electron chi connectivity index (χ0n) is 6.69. The molecule has 0 aliphatic carbocycles. The minimum absolute atomic E-state index is 0.0690. The highest BCUT2D eigenvalue weighted by atomic mass is 16.6. The van der Waals surface area contributed by atoms with E-state index < -0.39 is 6.29 Å². The van der Waals surface area contributed by atoms with Gasteiger partial charge in [0, 0.05) is 24.4 Å². The van der Waals surface area contributed by atoms with Crippen molar-refractivity contribution in [2.45, 2.75) is 6.29 Å². The maximum atomic E-state index is 9.22. The summed E-state index contributed by atoms with van der Waals surface area (Å²) in [5, 5.41) is 18.2. The topological polar surface area (TPSA) is 75.7 Å². The quantitative estimate of drug-likeness (QED) is 0.448. The first-order valence-electron chi connectivity index (χ1n) is 3.44. The standard InChI is InChI=1S/C8H11NO3/c1-12-8(11)6-3-2-5(10)4-7(6)9/h2-4,8,10-11H,9H2,1H3. The molecule has 4 N–H and O–H groups in total. The Bertz CT molecular complexity index is 275. The number of hydrogen-bond donors (Lipinski definition) is 3. The molecule has 0 spiro atoms. The summed E-state index contributed by atoms with van der Waals surface area (Å²) in [5.41, 5.74) is 6.26. The van der Waals surface area contributed by atoms with Crippen molar-refractivity contribution in [3.63, 3.8) is 0 Å². The molecule has 0 radical (unpaired) electrons. The van der Waals surface area contributed by atoms with Crippen LogP contribution in [0.4, 0.5) is 5.69 Å². The van der Waals surface area contributed by atoms with Crippen molar-refractivity contribution in [2.75, 3.05) is 12.8 Å². The van der Waals surface area contributed by atoms with Crippen molar-refractivity contribution < 1.29 is 14.9 Å². The van der Waals surface area contributed by atoms with E-state index in [2.05, 4.69) is 4.74 Å². The number of anilines is 1. The molecule has 4 nitrogen and oxygen atoms in total. The second-order valence-corrected chi connectivity index (χ2v) is 2.40. The fraction of sp³-hybridized carbons (Fsp3) is 0.250. The second kappa shape index (κ2) is 3.42. The van der Waals surface area contributed by atoms with Gasteiger partial charge in [0.1, 0.15) is 5.75 Å². The van der Waals surface area contributed by atoms with E-state index in [-0.39, 0.29) is 5.75 Å². The highest BCUT2D eigenvalue weighted by Crippen LogP contribution is 2.24. The van der Waals surface area contributed by atoms with Gasteiger partial charge in [-0.25, -0.2) is 0 Å². The lowest BCUT2D eigenvalue weighted by molar-refractivity contribution is -0.0764. The second-order valence-electron chi connectivity index (χ2n) is 2.40. The van der Waals surface area contributed by atoms with E-state index in [0.29, 0.717) is 11.3 Å². The molecule has 1 aromatic rings. The summed E-state index contributed by atoms with van der Waals surface area (Å²) in [6.07, 6.45) is -1.04. The van der Waals surface area contributed by atoms with Gasteiger partial charge in [-0.05, 0) is 12.1 Å². The molecule has 0 saturated heterocycles. The van der Waals surface area contributed by atoms with Gasteiger partial charge in [-0.1, -0.05) is 0 Å². The highest BCUT2D eigenvalue weighted by Gasteiger charge is 2.09. The van der Waals surface area contributed by atoms with E-state index in [1.807, 2.05) is 0 Å². The third-order valence-corrected chi connectivity index (χ3v) is 1.56. The van der Waals surface area contributed by atoms with Crippen LogP contribution in [0.2, 0.25) is 0 Å². The van der Waals surface area contributed by atoms with E-state index in [9.17, 15) is 5.11 Å². The predicted octanol–water partition coefficient (Wildman–Crippen LogP) is 0.612. The molecule has 66 valence electrons. The predicted molar refractivity (Wildman–Crippen MR) is 44.5 cm³/mol. The maximum Gasteiger partial charge on any atom is 0.182 e. The van der Waals surface area contributed by atoms with Gasteiger partial charge >= 0.3 is 0 Å². The smallest absolute Gasteiger partial charge is 0.182 e. The van der Waals surface area contributed by atoms with Crippen LogP contribution < -0.4 is 5.73 Å². The molecular formula is C8H11NO3. The van der Waals surface area contributed by atoms with Gasteiger partial charge in [-0.15, -0.1) is 0 Å². The van der Waals surface area contributed by atoms with Crippen molar-refractivity contribution in [1.82, 2.24) is 0 Å². The van der Waals surface area contributed by atoms with Crippen molar-refractivity contribution >= 4 is 5.69 Å². The van der Waals surface area contributed by atoms with Crippen molar-refractivity contribution in [1.29, 1.82) is 0 Å². The summed E-state index contributed by atoms with van der Waals surface area (Å²) in [5.74, 6) is 0.0690. The SMILES string of the molecule is COC(O)c1ccc(O)cc1N. The molecule has 1 rings (SSSR count). The zero-order valence-corrected chi connectivity index (χ0v) is 6.69. The number of phenols is 1. The van der Waals surface area contributed by atoms with E-state index in [1.54, 1.807) is 0 Å². The van der Waals surface area contributed by atoms with Crippen LogP contribution in [0.3, 0.4) is 0 Å². The molecule has 12 heavy (non-hydrogen) atoms. The van der Waals surface area contributed by atoms with Crippen molar-refractivity contribution in [3.8, 4) is 5.75 Å². The van der Waals surface area contributed by atoms with Crippen LogP contribution in [0, 0.1) is 0 Å². The molecular weight excluding hydrogens is 158 g/mol. The number of aliphatic hydroxyl groups is 1. The Morgan fingerprint density at radius 3 is 2.67 bits per heavy atom. The Hall–Kier alpha value is -1.26. The summed E-state index contributed by atoms with van der Waals surface area (Å²) in [6.45, 7) is 0. The van der Waals surface area contributed by atoms with Crippen LogP contribution in [0.1, 0.15) is 11.9 Å². The summed E-state index contributed by atoms with van der Waals surface area (Å²) in [7, 11) is 1.37. The normalized spacial score (nSPS) is 12.8. The number of benzene rings is 1. The number of nitrogen functional groups attached to an aromatic ring is 1. The Balaban J connectivity index is 3.01.